The monoisotopic (exact) mass is 888 g/mol. The second-order valence-electron chi connectivity index (χ2n) is 21.6. The van der Waals surface area contributed by atoms with Crippen molar-refractivity contribution in [3.05, 3.63) is 59.3 Å². The molecule has 352 valence electrons. The van der Waals surface area contributed by atoms with Gasteiger partial charge in [0, 0.05) is 11.4 Å². The highest BCUT2D eigenvalue weighted by Gasteiger charge is 2.63. The maximum Gasteiger partial charge on any atom is 0.295 e. The number of carbonyl (C=O) groups excluding carboxylic acids is 1. The number of fused-ring (bicyclic) bond motifs is 5. The van der Waals surface area contributed by atoms with Crippen molar-refractivity contribution in [1.82, 2.24) is 10.3 Å². The summed E-state index contributed by atoms with van der Waals surface area (Å²) in [6.45, 7) is 20.6. The third-order valence-electron chi connectivity index (χ3n) is 17.0. The van der Waals surface area contributed by atoms with E-state index in [4.69, 9.17) is 14.6 Å². The predicted octanol–water partition coefficient (Wildman–Crippen LogP) is 12.2. The number of ether oxygens (including phenoxy) is 2. The normalized spacial score (nSPS) is 34.3. The molecule has 63 heavy (non-hydrogen) atoms. The average molecular weight is 888 g/mol. The van der Waals surface area contributed by atoms with E-state index in [2.05, 4.69) is 73.8 Å². The molecular weight excluding hydrogens is 803 g/mol. The van der Waals surface area contributed by atoms with E-state index in [-0.39, 0.29) is 11.9 Å². The highest BCUT2D eigenvalue weighted by atomic mass is 32.2. The van der Waals surface area contributed by atoms with Gasteiger partial charge in [-0.05, 0) is 205 Å². The van der Waals surface area contributed by atoms with Gasteiger partial charge in [-0.2, -0.15) is 17.0 Å². The van der Waals surface area contributed by atoms with Crippen LogP contribution in [0.2, 0.25) is 0 Å². The lowest BCUT2D eigenvalue weighted by Crippen LogP contribution is -2.60. The quantitative estimate of drug-likeness (QED) is 0.0683. The van der Waals surface area contributed by atoms with Crippen LogP contribution >= 0.6 is 11.8 Å². The summed E-state index contributed by atoms with van der Waals surface area (Å²) in [5, 5.41) is 32.5. The first-order chi connectivity index (χ1) is 30.2. The number of nitrogens with one attached hydrogen (secondary N) is 1. The molecule has 5 unspecified atom stereocenters. The summed E-state index contributed by atoms with van der Waals surface area (Å²) < 4.78 is 9.76. The van der Waals surface area contributed by atoms with Crippen molar-refractivity contribution < 1.29 is 24.5 Å². The fourth-order valence-corrected chi connectivity index (χ4v) is 14.7. The van der Waals surface area contributed by atoms with Gasteiger partial charge in [-0.25, -0.2) is 4.98 Å². The minimum atomic E-state index is -0.524. The molecule has 3 N–H and O–H groups in total. The molecule has 7 rings (SSSR count). The average Bonchev–Trinajstić information content (AvgIpc) is 3.26. The lowest BCUT2D eigenvalue weighted by molar-refractivity contribution is -0.169. The summed E-state index contributed by atoms with van der Waals surface area (Å²) in [6, 6.07) is 5.79. The molecule has 0 aromatic carbocycles. The number of hydrogen-bond donors (Lipinski definition) is 3. The Kier molecular flexibility index (Phi) is 19.3. The van der Waals surface area contributed by atoms with E-state index in [1.807, 2.05) is 25.6 Å². The van der Waals surface area contributed by atoms with Gasteiger partial charge in [0.05, 0.1) is 12.2 Å². The highest BCUT2D eigenvalue weighted by Crippen LogP contribution is 2.71. The number of aliphatic hydroxyl groups excluding tert-OH is 1. The van der Waals surface area contributed by atoms with Crippen LogP contribution in [0.5, 0.6) is 5.88 Å². The number of thioether (sulfide) groups is 1. The van der Waals surface area contributed by atoms with E-state index in [1.165, 1.54) is 89.0 Å². The lowest BCUT2D eigenvalue weighted by Gasteiger charge is -2.67. The van der Waals surface area contributed by atoms with Gasteiger partial charge in [0.25, 0.3) is 6.47 Å². The van der Waals surface area contributed by atoms with Crippen LogP contribution in [0.3, 0.4) is 0 Å². The summed E-state index contributed by atoms with van der Waals surface area (Å²) in [7, 11) is 0. The molecule has 0 amide bonds. The Labute approximate surface area is 386 Å². The maximum atomic E-state index is 11.0. The Hall–Kier alpha value is -2.64. The predicted molar refractivity (Wildman–Crippen MR) is 259 cm³/mol. The molecule has 1 heterocycles. The number of rotatable bonds is 15. The van der Waals surface area contributed by atoms with Crippen LogP contribution in [0.15, 0.2) is 53.8 Å². The lowest BCUT2D eigenvalue weighted by atomic mass is 9.37. The highest BCUT2D eigenvalue weighted by molar-refractivity contribution is 7.99. The van der Waals surface area contributed by atoms with Crippen molar-refractivity contribution in [2.75, 3.05) is 32.7 Å². The second-order valence-corrected chi connectivity index (χ2v) is 22.8. The molecule has 1 aromatic rings. The number of nitriles is 1. The van der Waals surface area contributed by atoms with E-state index in [9.17, 15) is 10.4 Å². The summed E-state index contributed by atoms with van der Waals surface area (Å²) in [5.41, 5.74) is 5.59. The van der Waals surface area contributed by atoms with Gasteiger partial charge in [0.1, 0.15) is 11.6 Å². The molecule has 9 heteroatoms. The van der Waals surface area contributed by atoms with Gasteiger partial charge in [0.2, 0.25) is 5.88 Å². The third-order valence-corrected chi connectivity index (χ3v) is 18.2. The van der Waals surface area contributed by atoms with Gasteiger partial charge in [-0.3, -0.25) is 4.79 Å². The van der Waals surface area contributed by atoms with Crippen LogP contribution in [0.25, 0.3) is 0 Å². The van der Waals surface area contributed by atoms with Crippen LogP contribution in [-0.2, 0) is 9.53 Å². The number of nitrogens with zero attached hydrogens (tertiary/aromatic N) is 2. The first-order valence-corrected chi connectivity index (χ1v) is 26.1. The second kappa shape index (κ2) is 23.7. The summed E-state index contributed by atoms with van der Waals surface area (Å²) in [4.78, 5) is 13.3. The number of aliphatic hydroxyl groups is 2. The molecule has 8 atom stereocenters. The number of unbranched alkanes of at least 4 members (excludes halogenated alkanes) is 1. The molecule has 0 bridgehead atoms. The van der Waals surface area contributed by atoms with E-state index < -0.39 is 12.4 Å². The van der Waals surface area contributed by atoms with Crippen molar-refractivity contribution in [3.63, 3.8) is 0 Å². The number of aromatic nitrogens is 1. The van der Waals surface area contributed by atoms with Gasteiger partial charge < -0.3 is 25.0 Å². The molecular formula is C54H85N3O5S. The molecule has 4 saturated carbocycles. The van der Waals surface area contributed by atoms with Crippen molar-refractivity contribution in [3.8, 4) is 11.9 Å². The Balaban J connectivity index is 0.000000758. The number of hydrogen-bond acceptors (Lipinski definition) is 9. The van der Waals surface area contributed by atoms with E-state index >= 15 is 0 Å². The van der Waals surface area contributed by atoms with Gasteiger partial charge in [-0.1, -0.05) is 71.1 Å². The molecule has 0 spiro atoms. The van der Waals surface area contributed by atoms with Crippen LogP contribution in [-0.4, -0.2) is 65.3 Å². The Morgan fingerprint density at radius 3 is 2.41 bits per heavy atom. The molecule has 0 aliphatic heterocycles. The van der Waals surface area contributed by atoms with E-state index in [1.54, 1.807) is 29.5 Å². The van der Waals surface area contributed by atoms with Gasteiger partial charge in [-0.15, -0.1) is 6.58 Å². The van der Waals surface area contributed by atoms with Crippen LogP contribution in [0.4, 0.5) is 0 Å². The fraction of sp³-hybridized carbons (Fsp3) is 0.759. The molecule has 1 aromatic heterocycles. The smallest absolute Gasteiger partial charge is 0.295 e. The van der Waals surface area contributed by atoms with Gasteiger partial charge >= 0.3 is 0 Å². The molecule has 6 aliphatic carbocycles. The molecule has 0 saturated heterocycles. The van der Waals surface area contributed by atoms with E-state index in [0.717, 1.165) is 86.5 Å². The summed E-state index contributed by atoms with van der Waals surface area (Å²) in [6.07, 6.45) is 33.1. The number of pyridine rings is 1. The number of allylic oxidation sites excluding steroid dienone is 5. The van der Waals surface area contributed by atoms with Crippen molar-refractivity contribution in [2.24, 2.45) is 51.8 Å². The zero-order valence-electron chi connectivity index (χ0n) is 40.4. The first-order valence-electron chi connectivity index (χ1n) is 24.8. The van der Waals surface area contributed by atoms with Crippen molar-refractivity contribution >= 4 is 18.2 Å². The SMILES string of the molecule is C=C(C)C.CSC1CCC(O)(CCNCCCC[C@H]2CCCC3C2CC[C@H]2C3(C)CC[C@H]3C(C)(C)C(C4=CCC(COc5ncccc5C#N)CC4)=CCC32C)CC1.O=COCO. The molecule has 0 radical (unpaired) electrons. The first kappa shape index (κ1) is 51.3. The van der Waals surface area contributed by atoms with Crippen LogP contribution < -0.4 is 10.1 Å². The van der Waals surface area contributed by atoms with E-state index in [0.29, 0.717) is 34.8 Å². The number of carbonyl (C=O) groups is 1. The van der Waals surface area contributed by atoms with Gasteiger partial charge in [0.15, 0.2) is 6.79 Å². The topological polar surface area (TPSA) is 125 Å². The molecule has 6 aliphatic rings. The van der Waals surface area contributed by atoms with Crippen molar-refractivity contribution in [2.45, 2.75) is 174 Å². The fourth-order valence-electron chi connectivity index (χ4n) is 14.0. The molecule has 8 nitrogen and oxygen atoms in total. The third kappa shape index (κ3) is 12.8. The summed E-state index contributed by atoms with van der Waals surface area (Å²) >= 11 is 1.98. The largest absolute Gasteiger partial charge is 0.476 e. The Morgan fingerprint density at radius 1 is 1.00 bits per heavy atom. The zero-order valence-corrected chi connectivity index (χ0v) is 41.2. The minimum absolute atomic E-state index is 0.181. The standard InChI is InChI=1S/C48H73N3O2S.C4H8.C2H4O3/c1-45(2)40(36-16-14-34(15-17-36)33-53-44-37(32-49)12-9-30-51-44)22-24-47(4)42(45)23-25-46(3)41-13-8-11-35(39(41)18-19-43(46)47)10-6-7-29-50-31-28-48(52)26-20-38(54-5)21-27-48;1-4(2)3;3-1-5-2-4/h9,12,16,22,30,34-35,38-39,41-43,50,52H,6-8,10-11,13-15,17-21,23-29,31,33H2,1-5H3;1H2,2-3H3;1,4H,2H2/t34?,35-,38?,39?,41?,42-,43-,46?,47?,48?;;/m0../s1. The zero-order chi connectivity index (χ0) is 45.7. The minimum Gasteiger partial charge on any atom is -0.476 e. The molecule has 4 fully saturated rings. The van der Waals surface area contributed by atoms with Crippen LogP contribution in [0, 0.1) is 63.1 Å². The van der Waals surface area contributed by atoms with Crippen LogP contribution in [0.1, 0.15) is 169 Å². The summed E-state index contributed by atoms with van der Waals surface area (Å²) in [5.74, 6) is 5.31. The Bertz CT molecular complexity index is 1730. The maximum absolute atomic E-state index is 11.0. The van der Waals surface area contributed by atoms with Crippen molar-refractivity contribution in [1.29, 1.82) is 5.26 Å². The Morgan fingerprint density at radius 2 is 1.76 bits per heavy atom.